The molecular weight excluding hydrogens is 391 g/mol. The normalized spacial score (nSPS) is 12.2. The highest BCUT2D eigenvalue weighted by Gasteiger charge is 2.14. The first-order valence-corrected chi connectivity index (χ1v) is 7.91. The van der Waals surface area contributed by atoms with Crippen molar-refractivity contribution in [2.45, 2.75) is 11.2 Å². The molecule has 0 bridgehead atoms. The van der Waals surface area contributed by atoms with Gasteiger partial charge in [-0.15, -0.1) is 0 Å². The Morgan fingerprint density at radius 3 is 2.68 bits per heavy atom. The number of ether oxygens (including phenoxy) is 1. The minimum atomic E-state index is 0.179. The molecule has 0 saturated heterocycles. The van der Waals surface area contributed by atoms with Crippen LogP contribution in [0.5, 0.6) is 5.75 Å². The number of hydrogen-bond donors (Lipinski definition) is 0. The highest BCUT2D eigenvalue weighted by Crippen LogP contribution is 2.35. The Hall–Kier alpha value is -0.510. The molecule has 0 saturated carbocycles. The summed E-state index contributed by atoms with van der Waals surface area (Å²) in [4.78, 5) is 0.179. The molecule has 0 heterocycles. The second-order valence-electron chi connectivity index (χ2n) is 4.19. The molecule has 1 unspecified atom stereocenters. The third-order valence-electron chi connectivity index (χ3n) is 2.83. The number of benzene rings is 2. The quantitative estimate of drug-likeness (QED) is 0.586. The lowest BCUT2D eigenvalue weighted by Crippen LogP contribution is -1.99. The monoisotopic (exact) mass is 402 g/mol. The van der Waals surface area contributed by atoms with Gasteiger partial charge in [-0.05, 0) is 42.3 Å². The summed E-state index contributed by atoms with van der Waals surface area (Å²) in [5.74, 6) is 0.882. The Kier molecular flexibility index (Phi) is 5.31. The zero-order valence-electron chi connectivity index (χ0n) is 10.4. The van der Waals surface area contributed by atoms with Crippen molar-refractivity contribution in [1.82, 2.24) is 0 Å². The number of hydrogen-bond acceptors (Lipinski definition) is 1. The number of halogens is 3. The van der Waals surface area contributed by atoms with Crippen LogP contribution in [-0.2, 0) is 6.42 Å². The van der Waals surface area contributed by atoms with E-state index < -0.39 is 0 Å². The molecule has 1 nitrogen and oxygen atoms in total. The van der Waals surface area contributed by atoms with Crippen LogP contribution in [0, 0.1) is 0 Å². The van der Waals surface area contributed by atoms with E-state index >= 15 is 0 Å². The van der Waals surface area contributed by atoms with Crippen LogP contribution in [0.3, 0.4) is 0 Å². The summed E-state index contributed by atoms with van der Waals surface area (Å²) in [6, 6.07) is 13.9. The average Bonchev–Trinajstić information content (AvgIpc) is 2.38. The van der Waals surface area contributed by atoms with Gasteiger partial charge in [-0.1, -0.05) is 55.6 Å². The van der Waals surface area contributed by atoms with Gasteiger partial charge in [0.25, 0.3) is 0 Å². The van der Waals surface area contributed by atoms with Gasteiger partial charge in [0.1, 0.15) is 5.75 Å². The molecular formula is C15H13Br2ClO. The molecule has 0 spiro atoms. The summed E-state index contributed by atoms with van der Waals surface area (Å²) in [6.45, 7) is 0. The summed E-state index contributed by atoms with van der Waals surface area (Å²) in [7, 11) is 1.69. The van der Waals surface area contributed by atoms with Gasteiger partial charge in [0.05, 0.1) is 7.11 Å². The van der Waals surface area contributed by atoms with Gasteiger partial charge in [0, 0.05) is 19.9 Å². The van der Waals surface area contributed by atoms with Crippen molar-refractivity contribution in [1.29, 1.82) is 0 Å². The molecule has 100 valence electrons. The van der Waals surface area contributed by atoms with E-state index in [2.05, 4.69) is 44.0 Å². The largest absolute Gasteiger partial charge is 0.496 e. The minimum absolute atomic E-state index is 0.179. The predicted octanol–water partition coefficient (Wildman–Crippen LogP) is 5.79. The third-order valence-corrected chi connectivity index (χ3v) is 4.38. The average molecular weight is 405 g/mol. The van der Waals surface area contributed by atoms with Crippen molar-refractivity contribution in [3.8, 4) is 5.75 Å². The summed E-state index contributed by atoms with van der Waals surface area (Å²) >= 11 is 13.2. The Bertz CT molecular complexity index is 572. The van der Waals surface area contributed by atoms with E-state index in [0.717, 1.165) is 27.2 Å². The standard InChI is InChI=1S/C15H13Br2ClO/c1-19-15-6-5-11(16)9-13(15)14(17)8-10-3-2-4-12(18)7-10/h2-7,9,14H,8H2,1H3. The molecule has 4 heteroatoms. The summed E-state index contributed by atoms with van der Waals surface area (Å²) < 4.78 is 6.45. The van der Waals surface area contributed by atoms with Crippen molar-refractivity contribution in [2.24, 2.45) is 0 Å². The van der Waals surface area contributed by atoms with Crippen LogP contribution in [-0.4, -0.2) is 7.11 Å². The second-order valence-corrected chi connectivity index (χ2v) is 6.65. The van der Waals surface area contributed by atoms with Crippen LogP contribution in [0.25, 0.3) is 0 Å². The smallest absolute Gasteiger partial charge is 0.123 e. The second kappa shape index (κ2) is 6.78. The lowest BCUT2D eigenvalue weighted by atomic mass is 10.0. The molecule has 0 amide bonds. The van der Waals surface area contributed by atoms with Crippen molar-refractivity contribution >= 4 is 43.5 Å². The molecule has 0 radical (unpaired) electrons. The van der Waals surface area contributed by atoms with Crippen LogP contribution in [0.1, 0.15) is 16.0 Å². The topological polar surface area (TPSA) is 9.23 Å². The first-order chi connectivity index (χ1) is 9.10. The van der Waals surface area contributed by atoms with Gasteiger partial charge in [0.2, 0.25) is 0 Å². The van der Waals surface area contributed by atoms with Crippen LogP contribution in [0.15, 0.2) is 46.9 Å². The van der Waals surface area contributed by atoms with Gasteiger partial charge >= 0.3 is 0 Å². The zero-order chi connectivity index (χ0) is 13.8. The van der Waals surface area contributed by atoms with Crippen LogP contribution in [0.2, 0.25) is 5.02 Å². The SMILES string of the molecule is COc1ccc(Br)cc1C(Br)Cc1cccc(Cl)c1. The van der Waals surface area contributed by atoms with E-state index in [1.54, 1.807) is 7.11 Å². The van der Waals surface area contributed by atoms with Gasteiger partial charge < -0.3 is 4.74 Å². The van der Waals surface area contributed by atoms with Crippen LogP contribution < -0.4 is 4.74 Å². The van der Waals surface area contributed by atoms with Crippen molar-refractivity contribution in [3.63, 3.8) is 0 Å². The Morgan fingerprint density at radius 1 is 1.21 bits per heavy atom. The van der Waals surface area contributed by atoms with Gasteiger partial charge in [0.15, 0.2) is 0 Å². The zero-order valence-corrected chi connectivity index (χ0v) is 14.3. The van der Waals surface area contributed by atoms with E-state index in [-0.39, 0.29) is 4.83 Å². The fourth-order valence-electron chi connectivity index (χ4n) is 1.93. The number of alkyl halides is 1. The van der Waals surface area contributed by atoms with E-state index in [1.807, 2.05) is 30.3 Å². The first-order valence-electron chi connectivity index (χ1n) is 5.82. The molecule has 1 atom stereocenters. The van der Waals surface area contributed by atoms with E-state index in [9.17, 15) is 0 Å². The maximum atomic E-state index is 6.01. The molecule has 0 fully saturated rings. The van der Waals surface area contributed by atoms with Crippen molar-refractivity contribution in [2.75, 3.05) is 7.11 Å². The molecule has 0 aliphatic carbocycles. The Morgan fingerprint density at radius 2 is 2.00 bits per heavy atom. The molecule has 0 N–H and O–H groups in total. The molecule has 0 aliphatic heterocycles. The van der Waals surface area contributed by atoms with E-state index in [1.165, 1.54) is 5.56 Å². The molecule has 19 heavy (non-hydrogen) atoms. The van der Waals surface area contributed by atoms with Crippen LogP contribution >= 0.6 is 43.5 Å². The summed E-state index contributed by atoms with van der Waals surface area (Å²) in [5.41, 5.74) is 2.31. The third kappa shape index (κ3) is 3.98. The fraction of sp³-hybridized carbons (Fsp3) is 0.200. The molecule has 0 aromatic heterocycles. The Labute approximate surface area is 135 Å². The lowest BCUT2D eigenvalue weighted by Gasteiger charge is -2.15. The number of rotatable bonds is 4. The highest BCUT2D eigenvalue weighted by molar-refractivity contribution is 9.10. The first kappa shape index (κ1) is 14.9. The fourth-order valence-corrected chi connectivity index (χ4v) is 3.25. The minimum Gasteiger partial charge on any atom is -0.496 e. The van der Waals surface area contributed by atoms with E-state index in [0.29, 0.717) is 0 Å². The lowest BCUT2D eigenvalue weighted by molar-refractivity contribution is 0.409. The van der Waals surface area contributed by atoms with E-state index in [4.69, 9.17) is 16.3 Å². The molecule has 2 aromatic carbocycles. The van der Waals surface area contributed by atoms with Crippen molar-refractivity contribution in [3.05, 3.63) is 63.1 Å². The van der Waals surface area contributed by atoms with Gasteiger partial charge in [-0.3, -0.25) is 0 Å². The summed E-state index contributed by atoms with van der Waals surface area (Å²) in [5, 5.41) is 0.762. The number of methoxy groups -OCH3 is 1. The van der Waals surface area contributed by atoms with Crippen molar-refractivity contribution < 1.29 is 4.74 Å². The maximum Gasteiger partial charge on any atom is 0.123 e. The maximum absolute atomic E-state index is 6.01. The molecule has 2 aromatic rings. The van der Waals surface area contributed by atoms with Gasteiger partial charge in [-0.2, -0.15) is 0 Å². The highest BCUT2D eigenvalue weighted by atomic mass is 79.9. The Balaban J connectivity index is 2.24. The molecule has 2 rings (SSSR count). The van der Waals surface area contributed by atoms with Crippen LogP contribution in [0.4, 0.5) is 0 Å². The van der Waals surface area contributed by atoms with Gasteiger partial charge in [-0.25, -0.2) is 0 Å². The summed E-state index contributed by atoms with van der Waals surface area (Å²) in [6.07, 6.45) is 0.855. The predicted molar refractivity (Wildman–Crippen MR) is 87.5 cm³/mol. The molecule has 0 aliphatic rings.